The molecule has 0 fully saturated rings. The van der Waals surface area contributed by atoms with Crippen LogP contribution in [0.2, 0.25) is 5.02 Å². The smallest absolute Gasteiger partial charge is 0.294 e. The van der Waals surface area contributed by atoms with Crippen molar-refractivity contribution < 1.29 is 9.72 Å². The molecule has 0 aliphatic rings. The van der Waals surface area contributed by atoms with E-state index in [2.05, 4.69) is 20.8 Å². The maximum absolute atomic E-state index is 12.1. The normalized spacial score (nSPS) is 10.4. The fourth-order valence-corrected chi connectivity index (χ4v) is 3.78. The molecule has 138 valence electrons. The van der Waals surface area contributed by atoms with Gasteiger partial charge in [-0.3, -0.25) is 14.9 Å². The van der Waals surface area contributed by atoms with E-state index in [1.54, 1.807) is 0 Å². The number of nitrogens with zero attached hydrogens (tertiary/aromatic N) is 3. The lowest BCUT2D eigenvalue weighted by atomic mass is 10.2. The minimum Gasteiger partial charge on any atom is -0.330 e. The zero-order chi connectivity index (χ0) is 19.2. The molecule has 3 rings (SSSR count). The minimum atomic E-state index is -0.596. The Morgan fingerprint density at radius 1 is 1.22 bits per heavy atom. The number of nitro benzene ring substituents is 1. The van der Waals surface area contributed by atoms with Crippen molar-refractivity contribution in [1.82, 2.24) is 10.2 Å². The van der Waals surface area contributed by atoms with Gasteiger partial charge in [0.25, 0.3) is 5.69 Å². The highest BCUT2D eigenvalue weighted by atomic mass is 35.5. The summed E-state index contributed by atoms with van der Waals surface area (Å²) < 4.78 is 0.606. The summed E-state index contributed by atoms with van der Waals surface area (Å²) >= 11 is 8.26. The molecule has 0 aliphatic carbocycles. The lowest BCUT2D eigenvalue weighted by Gasteiger charge is -2.05. The molecule has 0 saturated carbocycles. The second kappa shape index (κ2) is 8.80. The minimum absolute atomic E-state index is 0.0414. The van der Waals surface area contributed by atoms with Gasteiger partial charge in [-0.2, -0.15) is 0 Å². The van der Waals surface area contributed by atoms with Gasteiger partial charge in [-0.1, -0.05) is 52.9 Å². The third kappa shape index (κ3) is 5.39. The van der Waals surface area contributed by atoms with Gasteiger partial charge in [-0.05, 0) is 24.3 Å². The van der Waals surface area contributed by atoms with E-state index in [4.69, 9.17) is 11.6 Å². The van der Waals surface area contributed by atoms with E-state index in [-0.39, 0.29) is 22.2 Å². The van der Waals surface area contributed by atoms with Crippen LogP contribution in [0.5, 0.6) is 0 Å². The highest BCUT2D eigenvalue weighted by molar-refractivity contribution is 8.01. The number of nitrogens with one attached hydrogen (secondary N) is 2. The molecule has 27 heavy (non-hydrogen) atoms. The first-order chi connectivity index (χ1) is 13.0. The highest BCUT2D eigenvalue weighted by Gasteiger charge is 2.17. The molecule has 1 heterocycles. The summed E-state index contributed by atoms with van der Waals surface area (Å²) in [6.45, 7) is 0. The van der Waals surface area contributed by atoms with Gasteiger partial charge in [-0.25, -0.2) is 0 Å². The van der Waals surface area contributed by atoms with Gasteiger partial charge in [0.05, 0.1) is 10.7 Å². The van der Waals surface area contributed by atoms with Crippen molar-refractivity contribution in [2.75, 3.05) is 16.4 Å². The van der Waals surface area contributed by atoms with Gasteiger partial charge in [0.2, 0.25) is 11.0 Å². The predicted octanol–water partition coefficient (Wildman–Crippen LogP) is 4.57. The molecule has 0 unspecified atom stereocenters. The van der Waals surface area contributed by atoms with Gasteiger partial charge < -0.3 is 10.6 Å². The lowest BCUT2D eigenvalue weighted by molar-refractivity contribution is -0.383. The molecule has 0 aliphatic heterocycles. The number of nitro groups is 1. The number of carbonyl (C=O) groups is 1. The van der Waals surface area contributed by atoms with E-state index in [1.165, 1.54) is 41.3 Å². The summed E-state index contributed by atoms with van der Waals surface area (Å²) in [6.07, 6.45) is 0. The number of hydrogen-bond acceptors (Lipinski definition) is 8. The van der Waals surface area contributed by atoms with Gasteiger partial charge in [0, 0.05) is 16.8 Å². The molecule has 0 bridgehead atoms. The molecule has 0 spiro atoms. The Hall–Kier alpha value is -2.69. The number of thioether (sulfide) groups is 1. The van der Waals surface area contributed by atoms with Gasteiger partial charge >= 0.3 is 0 Å². The van der Waals surface area contributed by atoms with Gasteiger partial charge in [-0.15, -0.1) is 10.2 Å². The second-order valence-corrected chi connectivity index (χ2v) is 7.76. The molecule has 8 nitrogen and oxygen atoms in total. The molecule has 3 aromatic rings. The fourth-order valence-electron chi connectivity index (χ4n) is 2.04. The molecule has 2 aromatic carbocycles. The Morgan fingerprint density at radius 3 is 2.74 bits per heavy atom. The number of para-hydroxylation sites is 1. The summed E-state index contributed by atoms with van der Waals surface area (Å²) in [5.41, 5.74) is 0.725. The van der Waals surface area contributed by atoms with Crippen LogP contribution in [0, 0.1) is 10.1 Å². The van der Waals surface area contributed by atoms with E-state index >= 15 is 0 Å². The standard InChI is InChI=1S/C16H12ClN5O3S2/c17-10-6-7-12(13(8-10)22(24)25)19-14(23)9-26-16-21-20-15(27-16)18-11-4-2-1-3-5-11/h1-8H,9H2,(H,18,20)(H,19,23). The lowest BCUT2D eigenvalue weighted by Crippen LogP contribution is -2.15. The Morgan fingerprint density at radius 2 is 2.00 bits per heavy atom. The van der Waals surface area contributed by atoms with Crippen molar-refractivity contribution in [3.8, 4) is 0 Å². The monoisotopic (exact) mass is 421 g/mol. The van der Waals surface area contributed by atoms with E-state index in [9.17, 15) is 14.9 Å². The average molecular weight is 422 g/mol. The van der Waals surface area contributed by atoms with Crippen LogP contribution in [-0.2, 0) is 4.79 Å². The van der Waals surface area contributed by atoms with Crippen LogP contribution in [0.15, 0.2) is 52.9 Å². The van der Waals surface area contributed by atoms with Crippen molar-refractivity contribution >= 4 is 62.8 Å². The van der Waals surface area contributed by atoms with Crippen LogP contribution in [0.3, 0.4) is 0 Å². The van der Waals surface area contributed by atoms with Crippen LogP contribution in [-0.4, -0.2) is 26.8 Å². The average Bonchev–Trinajstić information content (AvgIpc) is 3.09. The summed E-state index contributed by atoms with van der Waals surface area (Å²) in [6, 6.07) is 13.6. The maximum atomic E-state index is 12.1. The van der Waals surface area contributed by atoms with E-state index in [0.717, 1.165) is 5.69 Å². The van der Waals surface area contributed by atoms with Crippen LogP contribution in [0.25, 0.3) is 0 Å². The Labute approximate surface area is 167 Å². The summed E-state index contributed by atoms with van der Waals surface area (Å²) in [5, 5.41) is 25.6. The van der Waals surface area contributed by atoms with Gasteiger partial charge in [0.15, 0.2) is 4.34 Å². The topological polar surface area (TPSA) is 110 Å². The van der Waals surface area contributed by atoms with Gasteiger partial charge in [0.1, 0.15) is 5.69 Å². The molecular weight excluding hydrogens is 410 g/mol. The number of anilines is 3. The number of benzene rings is 2. The second-order valence-electron chi connectivity index (χ2n) is 5.12. The van der Waals surface area contributed by atoms with E-state index in [0.29, 0.717) is 9.47 Å². The van der Waals surface area contributed by atoms with E-state index in [1.807, 2.05) is 30.3 Å². The summed E-state index contributed by atoms with van der Waals surface area (Å²) in [4.78, 5) is 22.6. The number of aromatic nitrogens is 2. The highest BCUT2D eigenvalue weighted by Crippen LogP contribution is 2.30. The quantitative estimate of drug-likeness (QED) is 0.326. The Kier molecular flexibility index (Phi) is 6.22. The molecule has 0 saturated heterocycles. The van der Waals surface area contributed by atoms with Crippen molar-refractivity contribution in [3.05, 3.63) is 63.7 Å². The largest absolute Gasteiger partial charge is 0.330 e. The number of amides is 1. The molecule has 2 N–H and O–H groups in total. The number of carbonyl (C=O) groups excluding carboxylic acids is 1. The number of halogens is 1. The SMILES string of the molecule is O=C(CSc1nnc(Nc2ccccc2)s1)Nc1ccc(Cl)cc1[N+](=O)[O-]. The Bertz CT molecular complexity index is 968. The van der Waals surface area contributed by atoms with Crippen LogP contribution in [0.4, 0.5) is 22.2 Å². The zero-order valence-corrected chi connectivity index (χ0v) is 16.0. The molecule has 1 aromatic heterocycles. The van der Waals surface area contributed by atoms with Crippen molar-refractivity contribution in [1.29, 1.82) is 0 Å². The van der Waals surface area contributed by atoms with Crippen LogP contribution < -0.4 is 10.6 Å². The van der Waals surface area contributed by atoms with E-state index < -0.39 is 10.8 Å². The number of rotatable bonds is 7. The first-order valence-corrected chi connectivity index (χ1v) is 9.71. The van der Waals surface area contributed by atoms with Crippen molar-refractivity contribution in [3.63, 3.8) is 0 Å². The molecule has 0 radical (unpaired) electrons. The molecule has 1 amide bonds. The third-order valence-electron chi connectivity index (χ3n) is 3.19. The zero-order valence-electron chi connectivity index (χ0n) is 13.6. The van der Waals surface area contributed by atoms with Crippen molar-refractivity contribution in [2.24, 2.45) is 0 Å². The Balaban J connectivity index is 1.56. The van der Waals surface area contributed by atoms with Crippen LogP contribution >= 0.6 is 34.7 Å². The number of hydrogen-bond donors (Lipinski definition) is 2. The first-order valence-electron chi connectivity index (χ1n) is 7.53. The van der Waals surface area contributed by atoms with Crippen molar-refractivity contribution in [2.45, 2.75) is 4.34 Å². The molecule has 11 heteroatoms. The maximum Gasteiger partial charge on any atom is 0.294 e. The third-order valence-corrected chi connectivity index (χ3v) is 5.40. The molecular formula is C16H12ClN5O3S2. The first kappa shape index (κ1) is 19.1. The fraction of sp³-hybridized carbons (Fsp3) is 0.0625. The predicted molar refractivity (Wildman–Crippen MR) is 107 cm³/mol. The molecule has 0 atom stereocenters. The summed E-state index contributed by atoms with van der Waals surface area (Å²) in [5.74, 6) is -0.349. The van der Waals surface area contributed by atoms with Crippen LogP contribution in [0.1, 0.15) is 0 Å². The summed E-state index contributed by atoms with van der Waals surface area (Å²) in [7, 11) is 0.